The number of nitrogen functional groups attached to an aromatic ring is 1. The number of anilines is 1. The Morgan fingerprint density at radius 3 is 2.90 bits per heavy atom. The molecule has 6 heteroatoms. The van der Waals surface area contributed by atoms with Crippen molar-refractivity contribution in [3.63, 3.8) is 0 Å². The Hall–Kier alpha value is -1.82. The quantitative estimate of drug-likeness (QED) is 0.935. The molecule has 1 aromatic heterocycles. The molecule has 0 amide bonds. The third-order valence-electron chi connectivity index (χ3n) is 3.40. The highest BCUT2D eigenvalue weighted by molar-refractivity contribution is 7.99. The van der Waals surface area contributed by atoms with Crippen LogP contribution in [0.2, 0.25) is 0 Å². The predicted octanol–water partition coefficient (Wildman–Crippen LogP) is 3.21. The number of methoxy groups -OCH3 is 1. The maximum Gasteiger partial charge on any atom is 0.222 e. The zero-order valence-corrected chi connectivity index (χ0v) is 12.7. The average molecular weight is 306 g/mol. The number of aromatic nitrogens is 1. The third-order valence-corrected chi connectivity index (χ3v) is 4.58. The van der Waals surface area contributed by atoms with E-state index in [4.69, 9.17) is 19.7 Å². The second-order valence-electron chi connectivity index (χ2n) is 4.94. The van der Waals surface area contributed by atoms with E-state index >= 15 is 0 Å². The summed E-state index contributed by atoms with van der Waals surface area (Å²) in [5.74, 6) is 4.02. The van der Waals surface area contributed by atoms with Gasteiger partial charge in [-0.1, -0.05) is 5.16 Å². The maximum atomic E-state index is 6.06. The molecule has 0 aliphatic carbocycles. The fraction of sp³-hybridized carbons (Fsp3) is 0.400. The minimum atomic E-state index is 0.256. The smallest absolute Gasteiger partial charge is 0.222 e. The topological polar surface area (TPSA) is 70.5 Å². The second-order valence-corrected chi connectivity index (χ2v) is 6.09. The molecule has 0 saturated carbocycles. The molecular weight excluding hydrogens is 288 g/mol. The van der Waals surface area contributed by atoms with E-state index in [1.807, 2.05) is 30.0 Å². The van der Waals surface area contributed by atoms with Gasteiger partial charge in [0, 0.05) is 17.4 Å². The number of nitrogens with two attached hydrogens (primary N) is 1. The van der Waals surface area contributed by atoms with Gasteiger partial charge >= 0.3 is 0 Å². The van der Waals surface area contributed by atoms with E-state index in [1.165, 1.54) is 12.2 Å². The number of thioether (sulfide) groups is 1. The summed E-state index contributed by atoms with van der Waals surface area (Å²) in [5.41, 5.74) is 7.13. The van der Waals surface area contributed by atoms with Gasteiger partial charge in [-0.2, -0.15) is 11.8 Å². The summed E-state index contributed by atoms with van der Waals surface area (Å²) in [7, 11) is 1.64. The molecule has 2 N–H and O–H groups in total. The molecule has 112 valence electrons. The van der Waals surface area contributed by atoms with Gasteiger partial charge in [-0.05, 0) is 36.8 Å². The van der Waals surface area contributed by atoms with Crippen molar-refractivity contribution in [2.24, 2.45) is 0 Å². The summed E-state index contributed by atoms with van der Waals surface area (Å²) in [5, 5.41) is 3.91. The molecule has 1 aliphatic rings. The molecule has 1 atom stereocenters. The van der Waals surface area contributed by atoms with Crippen molar-refractivity contribution < 1.29 is 14.0 Å². The van der Waals surface area contributed by atoms with Gasteiger partial charge in [-0.25, -0.2) is 0 Å². The SMILES string of the molecule is COc1cc(-c2cc(N)on2)ccc1OC1CCCSC1. The summed E-state index contributed by atoms with van der Waals surface area (Å²) in [4.78, 5) is 0. The van der Waals surface area contributed by atoms with Crippen molar-refractivity contribution >= 4 is 17.6 Å². The Bertz CT molecular complexity index is 609. The monoisotopic (exact) mass is 306 g/mol. The molecule has 0 bridgehead atoms. The number of rotatable bonds is 4. The van der Waals surface area contributed by atoms with Gasteiger partial charge in [0.1, 0.15) is 11.8 Å². The van der Waals surface area contributed by atoms with Crippen molar-refractivity contribution in [2.75, 3.05) is 24.3 Å². The van der Waals surface area contributed by atoms with Gasteiger partial charge in [0.05, 0.1) is 7.11 Å². The predicted molar refractivity (Wildman–Crippen MR) is 83.9 cm³/mol. The van der Waals surface area contributed by atoms with Crippen LogP contribution >= 0.6 is 11.8 Å². The summed E-state index contributed by atoms with van der Waals surface area (Å²) in [6.07, 6.45) is 2.55. The Morgan fingerprint density at radius 2 is 2.24 bits per heavy atom. The van der Waals surface area contributed by atoms with Crippen LogP contribution in [0.1, 0.15) is 12.8 Å². The van der Waals surface area contributed by atoms with Gasteiger partial charge in [0.25, 0.3) is 0 Å². The minimum absolute atomic E-state index is 0.256. The van der Waals surface area contributed by atoms with E-state index in [2.05, 4.69) is 5.16 Å². The lowest BCUT2D eigenvalue weighted by Gasteiger charge is -2.23. The molecule has 5 nitrogen and oxygen atoms in total. The van der Waals surface area contributed by atoms with E-state index in [9.17, 15) is 0 Å². The number of hydrogen-bond donors (Lipinski definition) is 1. The lowest BCUT2D eigenvalue weighted by Crippen LogP contribution is -2.23. The van der Waals surface area contributed by atoms with Gasteiger partial charge in [0.15, 0.2) is 11.5 Å². The van der Waals surface area contributed by atoms with Crippen molar-refractivity contribution in [2.45, 2.75) is 18.9 Å². The number of benzene rings is 1. The van der Waals surface area contributed by atoms with Crippen molar-refractivity contribution in [1.82, 2.24) is 5.16 Å². The highest BCUT2D eigenvalue weighted by Crippen LogP contribution is 2.34. The average Bonchev–Trinajstić information content (AvgIpc) is 2.95. The highest BCUT2D eigenvalue weighted by atomic mass is 32.2. The zero-order valence-electron chi connectivity index (χ0n) is 11.9. The minimum Gasteiger partial charge on any atom is -0.493 e. The largest absolute Gasteiger partial charge is 0.493 e. The first kappa shape index (κ1) is 14.1. The lowest BCUT2D eigenvalue weighted by molar-refractivity contribution is 0.202. The van der Waals surface area contributed by atoms with Crippen LogP contribution in [-0.2, 0) is 0 Å². The van der Waals surface area contributed by atoms with Crippen LogP contribution in [-0.4, -0.2) is 29.9 Å². The van der Waals surface area contributed by atoms with Crippen LogP contribution in [0.3, 0.4) is 0 Å². The molecule has 21 heavy (non-hydrogen) atoms. The first-order valence-electron chi connectivity index (χ1n) is 6.91. The normalized spacial score (nSPS) is 18.4. The van der Waals surface area contributed by atoms with Crippen LogP contribution < -0.4 is 15.2 Å². The van der Waals surface area contributed by atoms with Crippen LogP contribution in [0.5, 0.6) is 11.5 Å². The molecule has 0 radical (unpaired) electrons. The molecule has 2 heterocycles. The lowest BCUT2D eigenvalue weighted by atomic mass is 10.1. The highest BCUT2D eigenvalue weighted by Gasteiger charge is 2.18. The van der Waals surface area contributed by atoms with Crippen LogP contribution in [0.25, 0.3) is 11.3 Å². The zero-order chi connectivity index (χ0) is 14.7. The Morgan fingerprint density at radius 1 is 1.33 bits per heavy atom. The van der Waals surface area contributed by atoms with Crippen molar-refractivity contribution in [1.29, 1.82) is 0 Å². The summed E-state index contributed by atoms with van der Waals surface area (Å²) in [6.45, 7) is 0. The van der Waals surface area contributed by atoms with Gasteiger partial charge in [-0.3, -0.25) is 0 Å². The van der Waals surface area contributed by atoms with Crippen LogP contribution in [0, 0.1) is 0 Å². The second kappa shape index (κ2) is 6.30. The van der Waals surface area contributed by atoms with Crippen molar-refractivity contribution in [3.05, 3.63) is 24.3 Å². The van der Waals surface area contributed by atoms with E-state index < -0.39 is 0 Å². The number of nitrogens with zero attached hydrogens (tertiary/aromatic N) is 1. The molecule has 1 unspecified atom stereocenters. The van der Waals surface area contributed by atoms with E-state index in [-0.39, 0.29) is 6.10 Å². The molecule has 1 aliphatic heterocycles. The van der Waals surface area contributed by atoms with Gasteiger partial charge < -0.3 is 19.7 Å². The number of ether oxygens (including phenoxy) is 2. The third kappa shape index (κ3) is 3.26. The van der Waals surface area contributed by atoms with E-state index in [0.717, 1.165) is 23.5 Å². The fourth-order valence-corrected chi connectivity index (χ4v) is 3.37. The van der Waals surface area contributed by atoms with Crippen LogP contribution in [0.15, 0.2) is 28.8 Å². The first-order valence-corrected chi connectivity index (χ1v) is 8.07. The molecular formula is C15H18N2O3S. The Balaban J connectivity index is 1.81. The first-order chi connectivity index (χ1) is 10.3. The van der Waals surface area contributed by atoms with Crippen molar-refractivity contribution in [3.8, 4) is 22.8 Å². The maximum absolute atomic E-state index is 6.06. The Kier molecular flexibility index (Phi) is 4.24. The van der Waals surface area contributed by atoms with Gasteiger partial charge in [0.2, 0.25) is 5.88 Å². The summed E-state index contributed by atoms with van der Waals surface area (Å²) < 4.78 is 16.4. The summed E-state index contributed by atoms with van der Waals surface area (Å²) >= 11 is 1.94. The van der Waals surface area contributed by atoms with Gasteiger partial charge in [-0.15, -0.1) is 0 Å². The Labute approximate surface area is 127 Å². The molecule has 1 aromatic carbocycles. The molecule has 1 fully saturated rings. The standard InChI is InChI=1S/C15H18N2O3S/c1-18-14-7-10(12-8-15(16)20-17-12)4-5-13(14)19-11-3-2-6-21-9-11/h4-5,7-8,11H,2-3,6,9,16H2,1H3. The fourth-order valence-electron chi connectivity index (χ4n) is 2.33. The molecule has 3 rings (SSSR count). The molecule has 1 saturated heterocycles. The molecule has 2 aromatic rings. The molecule has 0 spiro atoms. The van der Waals surface area contributed by atoms with E-state index in [1.54, 1.807) is 13.2 Å². The van der Waals surface area contributed by atoms with E-state index in [0.29, 0.717) is 17.3 Å². The van der Waals surface area contributed by atoms with Crippen LogP contribution in [0.4, 0.5) is 5.88 Å². The summed E-state index contributed by atoms with van der Waals surface area (Å²) in [6, 6.07) is 7.43. The number of hydrogen-bond acceptors (Lipinski definition) is 6.